The van der Waals surface area contributed by atoms with E-state index in [0.29, 0.717) is 13.0 Å². The van der Waals surface area contributed by atoms with Crippen LogP contribution in [-0.4, -0.2) is 27.0 Å². The molecule has 0 fully saturated rings. The van der Waals surface area contributed by atoms with Crippen LogP contribution in [-0.2, 0) is 17.8 Å². The molecule has 6 heteroatoms. The number of carbonyl (C=O) groups excluding carboxylic acids is 1. The molecule has 0 spiro atoms. The molecule has 5 nitrogen and oxygen atoms in total. The highest BCUT2D eigenvalue weighted by Gasteiger charge is 2.21. The number of carbonyl (C=O) groups is 1. The monoisotopic (exact) mass is 480 g/mol. The Bertz CT molecular complexity index is 1380. The molecular formula is C29H28N4OS. The normalized spacial score (nSPS) is 11.1. The standard InChI is InChI=1S/C29H28N4OS/c1-21-9-10-22(2)28-27(21)31-29(35-28)33(17-6-16-32-18-15-30-20-32)26(34)19-23-11-13-25(14-12-23)24-7-4-3-5-8-24/h3-5,7-15,18,20H,6,16-17,19H2,1-2H3. The van der Waals surface area contributed by atoms with Gasteiger partial charge in [-0.15, -0.1) is 0 Å². The largest absolute Gasteiger partial charge is 0.337 e. The van der Waals surface area contributed by atoms with Gasteiger partial charge in [0, 0.05) is 25.5 Å². The molecule has 0 atom stereocenters. The maximum Gasteiger partial charge on any atom is 0.233 e. The molecular weight excluding hydrogens is 452 g/mol. The number of anilines is 1. The molecule has 1 amide bonds. The summed E-state index contributed by atoms with van der Waals surface area (Å²) in [6, 6.07) is 22.8. The second-order valence-electron chi connectivity index (χ2n) is 8.81. The molecule has 0 aliphatic carbocycles. The zero-order valence-corrected chi connectivity index (χ0v) is 20.8. The van der Waals surface area contributed by atoms with E-state index in [0.717, 1.165) is 45.0 Å². The van der Waals surface area contributed by atoms with Crippen LogP contribution in [0.4, 0.5) is 5.13 Å². The van der Waals surface area contributed by atoms with Crippen LogP contribution in [0.5, 0.6) is 0 Å². The Morgan fingerprint density at radius 3 is 2.40 bits per heavy atom. The van der Waals surface area contributed by atoms with Crippen molar-refractivity contribution in [3.8, 4) is 11.1 Å². The molecule has 0 saturated carbocycles. The third kappa shape index (κ3) is 5.17. The first-order valence-corrected chi connectivity index (χ1v) is 12.7. The molecule has 0 aliphatic rings. The summed E-state index contributed by atoms with van der Waals surface area (Å²) in [5, 5.41) is 0.772. The maximum absolute atomic E-state index is 13.6. The Morgan fingerprint density at radius 1 is 0.943 bits per heavy atom. The molecule has 35 heavy (non-hydrogen) atoms. The van der Waals surface area contributed by atoms with Gasteiger partial charge >= 0.3 is 0 Å². The average molecular weight is 481 g/mol. The lowest BCUT2D eigenvalue weighted by Crippen LogP contribution is -2.33. The highest BCUT2D eigenvalue weighted by molar-refractivity contribution is 7.22. The first-order valence-electron chi connectivity index (χ1n) is 11.9. The van der Waals surface area contributed by atoms with E-state index >= 15 is 0 Å². The van der Waals surface area contributed by atoms with Crippen molar-refractivity contribution in [1.82, 2.24) is 14.5 Å². The summed E-state index contributed by atoms with van der Waals surface area (Å²) in [4.78, 5) is 24.5. The van der Waals surface area contributed by atoms with Crippen LogP contribution in [0.3, 0.4) is 0 Å². The van der Waals surface area contributed by atoms with Crippen molar-refractivity contribution in [2.75, 3.05) is 11.4 Å². The Kier molecular flexibility index (Phi) is 6.73. The second kappa shape index (κ2) is 10.2. The molecule has 0 radical (unpaired) electrons. The van der Waals surface area contributed by atoms with Crippen LogP contribution < -0.4 is 4.90 Å². The molecule has 2 aromatic heterocycles. The number of aromatic nitrogens is 3. The van der Waals surface area contributed by atoms with Gasteiger partial charge in [0.15, 0.2) is 5.13 Å². The van der Waals surface area contributed by atoms with Crippen LogP contribution >= 0.6 is 11.3 Å². The molecule has 0 unspecified atom stereocenters. The lowest BCUT2D eigenvalue weighted by atomic mass is 10.0. The van der Waals surface area contributed by atoms with Crippen LogP contribution in [0.2, 0.25) is 0 Å². The second-order valence-corrected chi connectivity index (χ2v) is 9.79. The van der Waals surface area contributed by atoms with Crippen molar-refractivity contribution in [2.24, 2.45) is 0 Å². The van der Waals surface area contributed by atoms with Gasteiger partial charge in [-0.1, -0.05) is 78.1 Å². The van der Waals surface area contributed by atoms with Crippen molar-refractivity contribution in [3.63, 3.8) is 0 Å². The van der Waals surface area contributed by atoms with E-state index < -0.39 is 0 Å². The Hall–Kier alpha value is -3.77. The van der Waals surface area contributed by atoms with Crippen molar-refractivity contribution in [1.29, 1.82) is 0 Å². The number of rotatable bonds is 8. The van der Waals surface area contributed by atoms with Crippen molar-refractivity contribution >= 4 is 32.6 Å². The maximum atomic E-state index is 13.6. The number of thiazole rings is 1. The summed E-state index contributed by atoms with van der Waals surface area (Å²) in [6.07, 6.45) is 6.70. The van der Waals surface area contributed by atoms with Gasteiger partial charge in [0.2, 0.25) is 5.91 Å². The third-order valence-corrected chi connectivity index (χ3v) is 7.45. The van der Waals surface area contributed by atoms with Crippen LogP contribution in [0.15, 0.2) is 85.5 Å². The molecule has 5 aromatic rings. The van der Waals surface area contributed by atoms with Crippen LogP contribution in [0.25, 0.3) is 21.3 Å². The van der Waals surface area contributed by atoms with Crippen molar-refractivity contribution in [3.05, 3.63) is 102 Å². The first-order chi connectivity index (χ1) is 17.1. The SMILES string of the molecule is Cc1ccc(C)c2sc(N(CCCn3ccnc3)C(=O)Cc3ccc(-c4ccccc4)cc3)nc12. The fraction of sp³-hybridized carbons (Fsp3) is 0.207. The van der Waals surface area contributed by atoms with E-state index in [9.17, 15) is 4.79 Å². The lowest BCUT2D eigenvalue weighted by molar-refractivity contribution is -0.118. The Morgan fingerprint density at radius 2 is 1.69 bits per heavy atom. The van der Waals surface area contributed by atoms with E-state index in [1.54, 1.807) is 17.5 Å². The number of nitrogens with zero attached hydrogens (tertiary/aromatic N) is 4. The van der Waals surface area contributed by atoms with E-state index in [1.807, 2.05) is 40.2 Å². The molecule has 2 heterocycles. The zero-order valence-electron chi connectivity index (χ0n) is 20.0. The summed E-state index contributed by atoms with van der Waals surface area (Å²) in [7, 11) is 0. The number of hydrogen-bond donors (Lipinski definition) is 0. The van der Waals surface area contributed by atoms with Crippen LogP contribution in [0.1, 0.15) is 23.1 Å². The highest BCUT2D eigenvalue weighted by atomic mass is 32.1. The fourth-order valence-corrected chi connectivity index (χ4v) is 5.39. The molecule has 0 N–H and O–H groups in total. The number of hydrogen-bond acceptors (Lipinski definition) is 4. The zero-order chi connectivity index (χ0) is 24.2. The lowest BCUT2D eigenvalue weighted by Gasteiger charge is -2.20. The fourth-order valence-electron chi connectivity index (χ4n) is 4.24. The quantitative estimate of drug-likeness (QED) is 0.257. The summed E-state index contributed by atoms with van der Waals surface area (Å²) < 4.78 is 3.19. The smallest absolute Gasteiger partial charge is 0.233 e. The molecule has 0 saturated heterocycles. The van der Waals surface area contributed by atoms with E-state index in [1.165, 1.54) is 11.1 Å². The van der Waals surface area contributed by atoms with Gasteiger partial charge in [0.1, 0.15) is 0 Å². The summed E-state index contributed by atoms with van der Waals surface area (Å²) in [5.74, 6) is 0.0671. The first kappa shape index (κ1) is 23.0. The minimum absolute atomic E-state index is 0.0671. The number of benzene rings is 3. The van der Waals surface area contributed by atoms with Gasteiger partial charge in [-0.05, 0) is 48.1 Å². The van der Waals surface area contributed by atoms with Gasteiger partial charge in [-0.25, -0.2) is 9.97 Å². The van der Waals surface area contributed by atoms with E-state index in [2.05, 4.69) is 67.4 Å². The molecule has 3 aromatic carbocycles. The number of amides is 1. The van der Waals surface area contributed by atoms with Crippen LogP contribution in [0, 0.1) is 13.8 Å². The van der Waals surface area contributed by atoms with Gasteiger partial charge in [0.05, 0.1) is 23.0 Å². The number of fused-ring (bicyclic) bond motifs is 1. The molecule has 176 valence electrons. The number of imidazole rings is 1. The number of aryl methyl sites for hydroxylation is 3. The molecule has 0 aliphatic heterocycles. The predicted molar refractivity (Wildman–Crippen MR) is 144 cm³/mol. The third-order valence-electron chi connectivity index (χ3n) is 6.24. The molecule has 5 rings (SSSR count). The summed E-state index contributed by atoms with van der Waals surface area (Å²) >= 11 is 1.61. The van der Waals surface area contributed by atoms with Gasteiger partial charge in [-0.2, -0.15) is 0 Å². The van der Waals surface area contributed by atoms with Gasteiger partial charge in [-0.3, -0.25) is 9.69 Å². The topological polar surface area (TPSA) is 51.0 Å². The minimum Gasteiger partial charge on any atom is -0.337 e. The van der Waals surface area contributed by atoms with Crippen molar-refractivity contribution < 1.29 is 4.79 Å². The van der Waals surface area contributed by atoms with Gasteiger partial charge < -0.3 is 4.57 Å². The van der Waals surface area contributed by atoms with E-state index in [-0.39, 0.29) is 5.91 Å². The van der Waals surface area contributed by atoms with Crippen molar-refractivity contribution in [2.45, 2.75) is 33.2 Å². The average Bonchev–Trinajstić information content (AvgIpc) is 3.56. The summed E-state index contributed by atoms with van der Waals surface area (Å²) in [5.41, 5.74) is 6.64. The molecule has 0 bridgehead atoms. The summed E-state index contributed by atoms with van der Waals surface area (Å²) in [6.45, 7) is 5.59. The Labute approximate surface area is 209 Å². The van der Waals surface area contributed by atoms with Gasteiger partial charge in [0.25, 0.3) is 0 Å². The predicted octanol–water partition coefficient (Wildman–Crippen LogP) is 6.44. The van der Waals surface area contributed by atoms with E-state index in [4.69, 9.17) is 4.98 Å². The minimum atomic E-state index is 0.0671. The Balaban J connectivity index is 1.38. The highest BCUT2D eigenvalue weighted by Crippen LogP contribution is 2.33.